The Labute approximate surface area is 102 Å². The van der Waals surface area contributed by atoms with Crippen molar-refractivity contribution in [1.29, 1.82) is 0 Å². The predicted octanol–water partition coefficient (Wildman–Crippen LogP) is 1.65. The summed E-state index contributed by atoms with van der Waals surface area (Å²) in [7, 11) is 0. The SMILES string of the molecule is CC(C)CC(CNC(=O)C1CC12CC2)C(=O)O. The van der Waals surface area contributed by atoms with E-state index in [-0.39, 0.29) is 18.4 Å². The monoisotopic (exact) mass is 239 g/mol. The number of carboxylic acids is 1. The lowest BCUT2D eigenvalue weighted by Gasteiger charge is -2.15. The van der Waals surface area contributed by atoms with Gasteiger partial charge in [-0.3, -0.25) is 9.59 Å². The van der Waals surface area contributed by atoms with Crippen LogP contribution in [0.15, 0.2) is 0 Å². The highest BCUT2D eigenvalue weighted by Crippen LogP contribution is 2.70. The van der Waals surface area contributed by atoms with Gasteiger partial charge in [0.2, 0.25) is 5.91 Å². The predicted molar refractivity (Wildman–Crippen MR) is 63.4 cm³/mol. The summed E-state index contributed by atoms with van der Waals surface area (Å²) in [6.45, 7) is 4.27. The van der Waals surface area contributed by atoms with Crippen molar-refractivity contribution in [1.82, 2.24) is 5.32 Å². The van der Waals surface area contributed by atoms with Crippen molar-refractivity contribution in [2.45, 2.75) is 39.5 Å². The summed E-state index contributed by atoms with van der Waals surface area (Å²) in [6.07, 6.45) is 3.99. The van der Waals surface area contributed by atoms with Crippen LogP contribution in [0, 0.1) is 23.2 Å². The first-order valence-corrected chi connectivity index (χ1v) is 6.45. The number of nitrogens with one attached hydrogen (secondary N) is 1. The van der Waals surface area contributed by atoms with E-state index < -0.39 is 11.9 Å². The molecule has 2 aliphatic carbocycles. The zero-order valence-corrected chi connectivity index (χ0v) is 10.5. The van der Waals surface area contributed by atoms with E-state index in [4.69, 9.17) is 5.11 Å². The van der Waals surface area contributed by atoms with E-state index in [1.807, 2.05) is 13.8 Å². The molecular formula is C13H21NO3. The number of hydrogen-bond donors (Lipinski definition) is 2. The van der Waals surface area contributed by atoms with Gasteiger partial charge in [-0.05, 0) is 37.0 Å². The lowest BCUT2D eigenvalue weighted by atomic mass is 9.97. The van der Waals surface area contributed by atoms with Crippen LogP contribution in [-0.2, 0) is 9.59 Å². The molecule has 2 fully saturated rings. The van der Waals surface area contributed by atoms with Crippen molar-refractivity contribution in [3.05, 3.63) is 0 Å². The minimum atomic E-state index is -0.809. The van der Waals surface area contributed by atoms with Crippen LogP contribution in [0.4, 0.5) is 0 Å². The number of hydrogen-bond acceptors (Lipinski definition) is 2. The van der Waals surface area contributed by atoms with Crippen molar-refractivity contribution in [2.75, 3.05) is 6.54 Å². The van der Waals surface area contributed by atoms with Gasteiger partial charge in [0.1, 0.15) is 0 Å². The molecule has 0 radical (unpaired) electrons. The molecule has 0 heterocycles. The van der Waals surface area contributed by atoms with E-state index in [2.05, 4.69) is 5.32 Å². The van der Waals surface area contributed by atoms with E-state index in [9.17, 15) is 9.59 Å². The van der Waals surface area contributed by atoms with Crippen LogP contribution < -0.4 is 5.32 Å². The molecule has 0 aromatic heterocycles. The van der Waals surface area contributed by atoms with E-state index in [1.54, 1.807) is 0 Å². The molecule has 0 saturated heterocycles. The minimum Gasteiger partial charge on any atom is -0.481 e. The molecule has 1 amide bonds. The molecule has 4 heteroatoms. The third-order valence-corrected chi connectivity index (χ3v) is 4.03. The zero-order valence-electron chi connectivity index (χ0n) is 10.5. The Morgan fingerprint density at radius 1 is 1.41 bits per heavy atom. The van der Waals surface area contributed by atoms with Gasteiger partial charge in [-0.2, -0.15) is 0 Å². The molecule has 2 aliphatic rings. The molecule has 96 valence electrons. The number of carbonyl (C=O) groups excluding carboxylic acids is 1. The van der Waals surface area contributed by atoms with Crippen LogP contribution in [0.25, 0.3) is 0 Å². The Morgan fingerprint density at radius 2 is 2.06 bits per heavy atom. The Balaban J connectivity index is 1.75. The molecular weight excluding hydrogens is 218 g/mol. The van der Waals surface area contributed by atoms with Crippen molar-refractivity contribution >= 4 is 11.9 Å². The second-order valence-corrected chi connectivity index (χ2v) is 6.03. The smallest absolute Gasteiger partial charge is 0.308 e. The van der Waals surface area contributed by atoms with Crippen LogP contribution in [0.5, 0.6) is 0 Å². The average molecular weight is 239 g/mol. The summed E-state index contributed by atoms with van der Waals surface area (Å²) < 4.78 is 0. The molecule has 0 aliphatic heterocycles. The molecule has 0 aromatic carbocycles. The molecule has 2 rings (SSSR count). The van der Waals surface area contributed by atoms with Gasteiger partial charge in [-0.25, -0.2) is 0 Å². The van der Waals surface area contributed by atoms with Gasteiger partial charge in [-0.1, -0.05) is 13.8 Å². The van der Waals surface area contributed by atoms with Crippen LogP contribution in [0.1, 0.15) is 39.5 Å². The molecule has 2 atom stereocenters. The van der Waals surface area contributed by atoms with E-state index in [0.717, 1.165) is 6.42 Å². The first kappa shape index (κ1) is 12.4. The van der Waals surface area contributed by atoms with E-state index in [1.165, 1.54) is 12.8 Å². The number of rotatable bonds is 6. The lowest BCUT2D eigenvalue weighted by Crippen LogP contribution is -2.34. The summed E-state index contributed by atoms with van der Waals surface area (Å²) in [6, 6.07) is 0. The highest BCUT2D eigenvalue weighted by atomic mass is 16.4. The number of amides is 1. The van der Waals surface area contributed by atoms with Gasteiger partial charge < -0.3 is 10.4 Å². The third-order valence-electron chi connectivity index (χ3n) is 4.03. The highest BCUT2D eigenvalue weighted by molar-refractivity contribution is 5.83. The highest BCUT2D eigenvalue weighted by Gasteiger charge is 2.65. The fourth-order valence-electron chi connectivity index (χ4n) is 2.62. The van der Waals surface area contributed by atoms with Gasteiger partial charge in [0.25, 0.3) is 0 Å². The van der Waals surface area contributed by atoms with Gasteiger partial charge in [0.05, 0.1) is 5.92 Å². The van der Waals surface area contributed by atoms with Gasteiger partial charge in [0.15, 0.2) is 0 Å². The van der Waals surface area contributed by atoms with Crippen LogP contribution in [0.2, 0.25) is 0 Å². The molecule has 2 unspecified atom stereocenters. The first-order valence-electron chi connectivity index (χ1n) is 6.45. The van der Waals surface area contributed by atoms with Crippen molar-refractivity contribution in [2.24, 2.45) is 23.2 Å². The Kier molecular flexibility index (Phi) is 3.15. The summed E-state index contributed by atoms with van der Waals surface area (Å²) in [5, 5.41) is 11.9. The Hall–Kier alpha value is -1.06. The Bertz CT molecular complexity index is 334. The second kappa shape index (κ2) is 4.31. The largest absolute Gasteiger partial charge is 0.481 e. The fourth-order valence-corrected chi connectivity index (χ4v) is 2.62. The molecule has 2 N–H and O–H groups in total. The van der Waals surface area contributed by atoms with Crippen LogP contribution in [-0.4, -0.2) is 23.5 Å². The number of aliphatic carboxylic acids is 1. The number of carboxylic acid groups (broad SMARTS) is 1. The maximum Gasteiger partial charge on any atom is 0.308 e. The normalized spacial score (nSPS) is 25.7. The Morgan fingerprint density at radius 3 is 2.47 bits per heavy atom. The van der Waals surface area contributed by atoms with Crippen LogP contribution in [0.3, 0.4) is 0 Å². The molecule has 2 saturated carbocycles. The van der Waals surface area contributed by atoms with Crippen molar-refractivity contribution in [3.8, 4) is 0 Å². The molecule has 0 aromatic rings. The second-order valence-electron chi connectivity index (χ2n) is 6.03. The van der Waals surface area contributed by atoms with Crippen molar-refractivity contribution in [3.63, 3.8) is 0 Å². The average Bonchev–Trinajstić information content (AvgIpc) is 3.13. The fraction of sp³-hybridized carbons (Fsp3) is 0.846. The van der Waals surface area contributed by atoms with Crippen LogP contribution >= 0.6 is 0 Å². The van der Waals surface area contributed by atoms with E-state index >= 15 is 0 Å². The van der Waals surface area contributed by atoms with Crippen molar-refractivity contribution < 1.29 is 14.7 Å². The standard InChI is InChI=1S/C13H21NO3/c1-8(2)5-9(12(16)17)7-14-11(15)10-6-13(10)3-4-13/h8-10H,3-7H2,1-2H3,(H,14,15)(H,16,17). The third kappa shape index (κ3) is 2.79. The summed E-state index contributed by atoms with van der Waals surface area (Å²) in [4.78, 5) is 22.8. The lowest BCUT2D eigenvalue weighted by molar-refractivity contribution is -0.142. The maximum atomic E-state index is 11.8. The molecule has 1 spiro atoms. The topological polar surface area (TPSA) is 66.4 Å². The maximum absolute atomic E-state index is 11.8. The first-order chi connectivity index (χ1) is 7.94. The quantitative estimate of drug-likeness (QED) is 0.740. The van der Waals surface area contributed by atoms with Gasteiger partial charge in [0, 0.05) is 12.5 Å². The zero-order chi connectivity index (χ0) is 12.6. The van der Waals surface area contributed by atoms with Gasteiger partial charge >= 0.3 is 5.97 Å². The van der Waals surface area contributed by atoms with E-state index in [0.29, 0.717) is 17.8 Å². The summed E-state index contributed by atoms with van der Waals surface area (Å²) in [5.41, 5.74) is 0.348. The molecule has 17 heavy (non-hydrogen) atoms. The molecule has 0 bridgehead atoms. The molecule has 4 nitrogen and oxygen atoms in total. The summed E-state index contributed by atoms with van der Waals surface area (Å²) >= 11 is 0. The summed E-state index contributed by atoms with van der Waals surface area (Å²) in [5.74, 6) is -0.680. The minimum absolute atomic E-state index is 0.0671. The number of carbonyl (C=O) groups is 2. The van der Waals surface area contributed by atoms with Gasteiger partial charge in [-0.15, -0.1) is 0 Å².